The van der Waals surface area contributed by atoms with E-state index in [0.29, 0.717) is 16.3 Å². The van der Waals surface area contributed by atoms with E-state index in [1.54, 1.807) is 6.07 Å². The number of para-hydroxylation sites is 2. The highest BCUT2D eigenvalue weighted by Gasteiger charge is 2.25. The van der Waals surface area contributed by atoms with Crippen LogP contribution in [0.2, 0.25) is 0 Å². The lowest BCUT2D eigenvalue weighted by Crippen LogP contribution is -2.13. The molecule has 4 rings (SSSR count). The Hall–Kier alpha value is -3.04. The summed E-state index contributed by atoms with van der Waals surface area (Å²) in [5, 5.41) is 14.8. The van der Waals surface area contributed by atoms with E-state index in [-0.39, 0.29) is 12.2 Å². The summed E-state index contributed by atoms with van der Waals surface area (Å²) in [6.07, 6.45) is 0.0468. The van der Waals surface area contributed by atoms with Crippen LogP contribution < -0.4 is 0 Å². The molecule has 0 N–H and O–H groups in total. The molecule has 0 fully saturated rings. The fraction of sp³-hybridized carbons (Fsp3) is 0.111. The maximum Gasteiger partial charge on any atom is 0.167 e. The Morgan fingerprint density at radius 3 is 2.83 bits per heavy atom. The third-order valence-electron chi connectivity index (χ3n) is 3.80. The lowest BCUT2D eigenvalue weighted by Gasteiger charge is -2.03. The van der Waals surface area contributed by atoms with Gasteiger partial charge in [0.1, 0.15) is 5.01 Å². The van der Waals surface area contributed by atoms with Gasteiger partial charge in [-0.1, -0.05) is 29.4 Å². The number of aromatic nitrogens is 2. The lowest BCUT2D eigenvalue weighted by atomic mass is 10.0. The molecular weight excluding hydrogens is 322 g/mol. The van der Waals surface area contributed by atoms with Gasteiger partial charge in [-0.25, -0.2) is 4.98 Å². The number of fused-ring (bicyclic) bond motifs is 2. The number of nitriles is 1. The van der Waals surface area contributed by atoms with E-state index in [1.165, 1.54) is 11.3 Å². The minimum atomic E-state index is -0.891. The van der Waals surface area contributed by atoms with Crippen LogP contribution in [0.1, 0.15) is 16.6 Å². The second kappa shape index (κ2) is 5.87. The zero-order valence-corrected chi connectivity index (χ0v) is 13.3. The normalized spacial score (nSPS) is 12.3. The molecule has 2 aromatic carbocycles. The molecule has 0 radical (unpaired) electrons. The second-order valence-corrected chi connectivity index (χ2v) is 6.41. The van der Waals surface area contributed by atoms with Crippen molar-refractivity contribution in [1.29, 1.82) is 5.26 Å². The van der Waals surface area contributed by atoms with Crippen LogP contribution in [0.15, 0.2) is 53.1 Å². The van der Waals surface area contributed by atoms with Crippen molar-refractivity contribution >= 4 is 38.3 Å². The SMILES string of the molecule is N#C[C@@H](C(=O)Cc1noc2ccccc12)c1nc2ccccc2s1. The van der Waals surface area contributed by atoms with Crippen molar-refractivity contribution < 1.29 is 9.32 Å². The molecule has 0 spiro atoms. The average Bonchev–Trinajstić information content (AvgIpc) is 3.20. The molecule has 116 valence electrons. The first-order valence-electron chi connectivity index (χ1n) is 7.37. The molecule has 2 heterocycles. The molecule has 0 amide bonds. The molecule has 0 saturated heterocycles. The van der Waals surface area contributed by atoms with Crippen molar-refractivity contribution in [1.82, 2.24) is 10.1 Å². The Bertz CT molecular complexity index is 1060. The highest BCUT2D eigenvalue weighted by molar-refractivity contribution is 7.18. The maximum atomic E-state index is 12.6. The Morgan fingerprint density at radius 1 is 1.21 bits per heavy atom. The largest absolute Gasteiger partial charge is 0.356 e. The van der Waals surface area contributed by atoms with Crippen LogP contribution in [0.5, 0.6) is 0 Å². The second-order valence-electron chi connectivity index (χ2n) is 5.35. The van der Waals surface area contributed by atoms with Gasteiger partial charge < -0.3 is 4.52 Å². The first-order chi connectivity index (χ1) is 11.8. The number of Topliss-reactive ketones (excluding diaryl/α,β-unsaturated/α-hetero) is 1. The van der Waals surface area contributed by atoms with Crippen molar-refractivity contribution in [2.75, 3.05) is 0 Å². The fourth-order valence-corrected chi connectivity index (χ4v) is 3.65. The standard InChI is InChI=1S/C18H11N3O2S/c19-10-12(18-20-13-6-2-4-8-17(13)24-18)15(22)9-14-11-5-1-3-7-16(11)23-21-14/h1-8,12H,9H2/t12-/m0/s1. The van der Waals surface area contributed by atoms with Crippen LogP contribution in [0.25, 0.3) is 21.2 Å². The third kappa shape index (κ3) is 2.45. The zero-order valence-electron chi connectivity index (χ0n) is 12.5. The predicted octanol–water partition coefficient (Wildman–Crippen LogP) is 3.86. The third-order valence-corrected chi connectivity index (χ3v) is 4.90. The van der Waals surface area contributed by atoms with Gasteiger partial charge >= 0.3 is 0 Å². The van der Waals surface area contributed by atoms with Crippen LogP contribution in [-0.2, 0) is 11.2 Å². The van der Waals surface area contributed by atoms with E-state index in [0.717, 1.165) is 15.6 Å². The molecule has 0 aliphatic heterocycles. The quantitative estimate of drug-likeness (QED) is 0.566. The topological polar surface area (TPSA) is 79.8 Å². The summed E-state index contributed by atoms with van der Waals surface area (Å²) >= 11 is 1.38. The molecule has 0 aliphatic carbocycles. The minimum Gasteiger partial charge on any atom is -0.356 e. The zero-order chi connectivity index (χ0) is 16.5. The van der Waals surface area contributed by atoms with E-state index < -0.39 is 5.92 Å². The molecular formula is C18H11N3O2S. The van der Waals surface area contributed by atoms with Gasteiger partial charge in [-0.3, -0.25) is 4.79 Å². The van der Waals surface area contributed by atoms with Crippen molar-refractivity contribution in [3.8, 4) is 6.07 Å². The van der Waals surface area contributed by atoms with Gasteiger partial charge in [0.05, 0.1) is 28.4 Å². The molecule has 2 aromatic heterocycles. The summed E-state index contributed by atoms with van der Waals surface area (Å²) in [7, 11) is 0. The van der Waals surface area contributed by atoms with Crippen LogP contribution in [0, 0.1) is 11.3 Å². The number of carbonyl (C=O) groups excluding carboxylic acids is 1. The monoisotopic (exact) mass is 333 g/mol. The van der Waals surface area contributed by atoms with Crippen molar-refractivity contribution in [2.24, 2.45) is 0 Å². The average molecular weight is 333 g/mol. The Balaban J connectivity index is 1.65. The first kappa shape index (κ1) is 14.5. The van der Waals surface area contributed by atoms with Crippen LogP contribution in [0.4, 0.5) is 0 Å². The molecule has 4 aromatic rings. The Kier molecular flexibility index (Phi) is 3.56. The Labute approximate surface area is 141 Å². The highest BCUT2D eigenvalue weighted by Crippen LogP contribution is 2.29. The van der Waals surface area contributed by atoms with Crippen molar-refractivity contribution in [2.45, 2.75) is 12.3 Å². The van der Waals surface area contributed by atoms with Gasteiger partial charge in [-0.05, 0) is 24.3 Å². The fourth-order valence-electron chi connectivity index (χ4n) is 2.61. The molecule has 0 aliphatic rings. The molecule has 1 atom stereocenters. The van der Waals surface area contributed by atoms with Crippen LogP contribution in [-0.4, -0.2) is 15.9 Å². The van der Waals surface area contributed by atoms with E-state index >= 15 is 0 Å². The number of benzene rings is 2. The number of hydrogen-bond acceptors (Lipinski definition) is 6. The molecule has 0 unspecified atom stereocenters. The predicted molar refractivity (Wildman–Crippen MR) is 90.7 cm³/mol. The van der Waals surface area contributed by atoms with Gasteiger partial charge in [-0.2, -0.15) is 5.26 Å². The summed E-state index contributed by atoms with van der Waals surface area (Å²) in [4.78, 5) is 17.1. The Morgan fingerprint density at radius 2 is 2.00 bits per heavy atom. The number of thiazole rings is 1. The molecule has 0 saturated carbocycles. The van der Waals surface area contributed by atoms with E-state index in [4.69, 9.17) is 4.52 Å². The molecule has 24 heavy (non-hydrogen) atoms. The van der Waals surface area contributed by atoms with Crippen molar-refractivity contribution in [3.63, 3.8) is 0 Å². The molecule has 6 heteroatoms. The van der Waals surface area contributed by atoms with Crippen LogP contribution >= 0.6 is 11.3 Å². The number of rotatable bonds is 4. The van der Waals surface area contributed by atoms with Gasteiger partial charge in [0.15, 0.2) is 17.3 Å². The van der Waals surface area contributed by atoms with E-state index in [9.17, 15) is 10.1 Å². The summed E-state index contributed by atoms with van der Waals surface area (Å²) < 4.78 is 6.18. The summed E-state index contributed by atoms with van der Waals surface area (Å²) in [6, 6.07) is 17.0. The number of carbonyl (C=O) groups is 1. The summed E-state index contributed by atoms with van der Waals surface area (Å²) in [5.41, 5.74) is 1.99. The van der Waals surface area contributed by atoms with Gasteiger partial charge in [0, 0.05) is 5.39 Å². The van der Waals surface area contributed by atoms with E-state index in [1.807, 2.05) is 42.5 Å². The summed E-state index contributed by atoms with van der Waals surface area (Å²) in [5.74, 6) is -1.12. The summed E-state index contributed by atoms with van der Waals surface area (Å²) in [6.45, 7) is 0. The number of ketones is 1. The minimum absolute atomic E-state index is 0.0468. The van der Waals surface area contributed by atoms with Crippen molar-refractivity contribution in [3.05, 3.63) is 59.2 Å². The van der Waals surface area contributed by atoms with Gasteiger partial charge in [-0.15, -0.1) is 11.3 Å². The highest BCUT2D eigenvalue weighted by atomic mass is 32.1. The number of hydrogen-bond donors (Lipinski definition) is 0. The first-order valence-corrected chi connectivity index (χ1v) is 8.19. The maximum absolute atomic E-state index is 12.6. The van der Waals surface area contributed by atoms with Crippen LogP contribution in [0.3, 0.4) is 0 Å². The van der Waals surface area contributed by atoms with Gasteiger partial charge in [0.25, 0.3) is 0 Å². The number of nitrogens with zero attached hydrogens (tertiary/aromatic N) is 3. The van der Waals surface area contributed by atoms with E-state index in [2.05, 4.69) is 16.2 Å². The molecule has 5 nitrogen and oxygen atoms in total. The smallest absolute Gasteiger partial charge is 0.167 e. The van der Waals surface area contributed by atoms with Gasteiger partial charge in [0.2, 0.25) is 0 Å². The molecule has 0 bridgehead atoms. The lowest BCUT2D eigenvalue weighted by molar-refractivity contribution is -0.118.